The van der Waals surface area contributed by atoms with Gasteiger partial charge in [0.15, 0.2) is 0 Å². The summed E-state index contributed by atoms with van der Waals surface area (Å²) < 4.78 is 10.8. The van der Waals surface area contributed by atoms with Crippen molar-refractivity contribution < 1.29 is 14.3 Å². The van der Waals surface area contributed by atoms with Crippen molar-refractivity contribution in [3.05, 3.63) is 48.0 Å². The zero-order valence-corrected chi connectivity index (χ0v) is 12.5. The molecule has 4 heteroatoms. The summed E-state index contributed by atoms with van der Waals surface area (Å²) in [5.41, 5.74) is 0.998. The summed E-state index contributed by atoms with van der Waals surface area (Å²) >= 11 is 0. The minimum atomic E-state index is -0.106. The first kappa shape index (κ1) is 13.6. The average Bonchev–Trinajstić information content (AvgIpc) is 3.29. The predicted octanol–water partition coefficient (Wildman–Crippen LogP) is 2.44. The number of rotatable bonds is 3. The van der Waals surface area contributed by atoms with Crippen LogP contribution in [0.4, 0.5) is 0 Å². The molecule has 0 N–H and O–H groups in total. The molecule has 1 fully saturated rings. The number of carbonyl (C=O) groups excluding carboxylic acids is 1. The first-order chi connectivity index (χ1) is 10.8. The van der Waals surface area contributed by atoms with E-state index in [-0.39, 0.29) is 23.8 Å². The summed E-state index contributed by atoms with van der Waals surface area (Å²) in [6.07, 6.45) is 5.45. The SMILES string of the molecule is COC(=O)[C@@H]1[C@H]([C@@H]2COC(c3ccccc3)=N2)[C@@H]2C=C[C@H]1C2. The second-order valence-corrected chi connectivity index (χ2v) is 6.25. The summed E-state index contributed by atoms with van der Waals surface area (Å²) in [6, 6.07) is 9.97. The van der Waals surface area contributed by atoms with E-state index in [0.29, 0.717) is 24.3 Å². The van der Waals surface area contributed by atoms with E-state index in [0.717, 1.165) is 12.0 Å². The average molecular weight is 297 g/mol. The summed E-state index contributed by atoms with van der Waals surface area (Å²) in [6.45, 7) is 0.555. The van der Waals surface area contributed by atoms with Crippen molar-refractivity contribution >= 4 is 11.9 Å². The maximum atomic E-state index is 12.2. The quantitative estimate of drug-likeness (QED) is 0.636. The molecule has 4 rings (SSSR count). The van der Waals surface area contributed by atoms with Gasteiger partial charge in [0.2, 0.25) is 5.90 Å². The Morgan fingerprint density at radius 2 is 2.00 bits per heavy atom. The fourth-order valence-corrected chi connectivity index (χ4v) is 4.18. The van der Waals surface area contributed by atoms with Gasteiger partial charge in [-0.1, -0.05) is 30.4 Å². The van der Waals surface area contributed by atoms with Crippen LogP contribution >= 0.6 is 0 Å². The zero-order chi connectivity index (χ0) is 15.1. The minimum absolute atomic E-state index is 0.0410. The lowest BCUT2D eigenvalue weighted by atomic mass is 9.78. The highest BCUT2D eigenvalue weighted by Gasteiger charge is 2.52. The Labute approximate surface area is 129 Å². The molecule has 1 heterocycles. The highest BCUT2D eigenvalue weighted by Crippen LogP contribution is 2.51. The number of aliphatic imine (C=N–C) groups is 1. The van der Waals surface area contributed by atoms with Gasteiger partial charge >= 0.3 is 5.97 Å². The van der Waals surface area contributed by atoms with Crippen LogP contribution in [-0.2, 0) is 14.3 Å². The van der Waals surface area contributed by atoms with E-state index >= 15 is 0 Å². The molecule has 0 amide bonds. The van der Waals surface area contributed by atoms with Crippen LogP contribution in [0.1, 0.15) is 12.0 Å². The van der Waals surface area contributed by atoms with Crippen molar-refractivity contribution in [1.29, 1.82) is 0 Å². The normalized spacial score (nSPS) is 35.3. The third-order valence-corrected chi connectivity index (χ3v) is 5.13. The van der Waals surface area contributed by atoms with Gasteiger partial charge in [-0.15, -0.1) is 0 Å². The number of carbonyl (C=O) groups is 1. The van der Waals surface area contributed by atoms with Crippen LogP contribution in [0, 0.1) is 23.7 Å². The van der Waals surface area contributed by atoms with Gasteiger partial charge in [0.25, 0.3) is 0 Å². The number of hydrogen-bond acceptors (Lipinski definition) is 4. The van der Waals surface area contributed by atoms with Gasteiger partial charge in [-0.05, 0) is 30.4 Å². The van der Waals surface area contributed by atoms with Gasteiger partial charge < -0.3 is 9.47 Å². The molecule has 0 spiro atoms. The lowest BCUT2D eigenvalue weighted by Crippen LogP contribution is -2.36. The van der Waals surface area contributed by atoms with Gasteiger partial charge in [0.05, 0.1) is 19.1 Å². The molecule has 2 bridgehead atoms. The molecule has 1 aromatic carbocycles. The monoisotopic (exact) mass is 297 g/mol. The van der Waals surface area contributed by atoms with E-state index in [1.165, 1.54) is 7.11 Å². The third kappa shape index (κ3) is 2.05. The van der Waals surface area contributed by atoms with Crippen molar-refractivity contribution in [3.8, 4) is 0 Å². The van der Waals surface area contributed by atoms with E-state index in [4.69, 9.17) is 14.5 Å². The van der Waals surface area contributed by atoms with Crippen molar-refractivity contribution in [2.24, 2.45) is 28.7 Å². The second-order valence-electron chi connectivity index (χ2n) is 6.25. The Bertz CT molecular complexity index is 637. The second kappa shape index (κ2) is 5.27. The standard InChI is InChI=1S/C18H19NO3/c1-21-18(20)16-13-8-7-12(9-13)15(16)14-10-22-17(19-14)11-5-3-2-4-6-11/h2-8,12-16H,9-10H2,1H3/t12-,13+,14+,15+,16+/m1/s1. The lowest BCUT2D eigenvalue weighted by Gasteiger charge is -2.28. The molecule has 0 aromatic heterocycles. The molecule has 0 radical (unpaired) electrons. The summed E-state index contributed by atoms with van der Waals surface area (Å²) in [5.74, 6) is 1.43. The summed E-state index contributed by atoms with van der Waals surface area (Å²) in [5, 5.41) is 0. The Morgan fingerprint density at radius 1 is 1.23 bits per heavy atom. The van der Waals surface area contributed by atoms with Crippen molar-refractivity contribution in [2.45, 2.75) is 12.5 Å². The van der Waals surface area contributed by atoms with E-state index in [9.17, 15) is 4.79 Å². The molecule has 2 aliphatic carbocycles. The molecule has 4 nitrogen and oxygen atoms in total. The molecule has 3 aliphatic rings. The molecule has 0 saturated heterocycles. The number of nitrogens with zero attached hydrogens (tertiary/aromatic N) is 1. The Balaban J connectivity index is 1.61. The summed E-state index contributed by atoms with van der Waals surface area (Å²) in [7, 11) is 1.47. The molecule has 22 heavy (non-hydrogen) atoms. The van der Waals surface area contributed by atoms with E-state index in [1.54, 1.807) is 0 Å². The van der Waals surface area contributed by atoms with Crippen LogP contribution < -0.4 is 0 Å². The number of ether oxygens (including phenoxy) is 2. The Morgan fingerprint density at radius 3 is 2.77 bits per heavy atom. The topological polar surface area (TPSA) is 47.9 Å². The smallest absolute Gasteiger partial charge is 0.309 e. The highest BCUT2D eigenvalue weighted by atomic mass is 16.5. The van der Waals surface area contributed by atoms with E-state index < -0.39 is 0 Å². The van der Waals surface area contributed by atoms with Crippen LogP contribution in [0.25, 0.3) is 0 Å². The minimum Gasteiger partial charge on any atom is -0.475 e. The molecule has 0 unspecified atom stereocenters. The number of fused-ring (bicyclic) bond motifs is 2. The van der Waals surface area contributed by atoms with Gasteiger partial charge in [-0.3, -0.25) is 4.79 Å². The van der Waals surface area contributed by atoms with Gasteiger partial charge in [0.1, 0.15) is 6.61 Å². The maximum absolute atomic E-state index is 12.2. The third-order valence-electron chi connectivity index (χ3n) is 5.13. The largest absolute Gasteiger partial charge is 0.475 e. The molecule has 114 valence electrons. The van der Waals surface area contributed by atoms with Crippen LogP contribution in [0.5, 0.6) is 0 Å². The van der Waals surface area contributed by atoms with Crippen LogP contribution in [0.3, 0.4) is 0 Å². The van der Waals surface area contributed by atoms with Crippen LogP contribution in [-0.4, -0.2) is 31.6 Å². The van der Waals surface area contributed by atoms with Gasteiger partial charge in [0, 0.05) is 11.5 Å². The molecule has 1 aromatic rings. The maximum Gasteiger partial charge on any atom is 0.309 e. The van der Waals surface area contributed by atoms with Crippen molar-refractivity contribution in [3.63, 3.8) is 0 Å². The molecular formula is C18H19NO3. The molecule has 1 saturated carbocycles. The fraction of sp³-hybridized carbons (Fsp3) is 0.444. The van der Waals surface area contributed by atoms with Crippen molar-refractivity contribution in [1.82, 2.24) is 0 Å². The number of methoxy groups -OCH3 is 1. The first-order valence-electron chi connectivity index (χ1n) is 7.80. The van der Waals surface area contributed by atoms with E-state index in [1.807, 2.05) is 30.3 Å². The van der Waals surface area contributed by atoms with E-state index in [2.05, 4.69) is 12.2 Å². The lowest BCUT2D eigenvalue weighted by molar-refractivity contribution is -0.148. The van der Waals surface area contributed by atoms with Crippen LogP contribution in [0.15, 0.2) is 47.5 Å². The molecule has 1 aliphatic heterocycles. The molecule has 5 atom stereocenters. The number of esters is 1. The van der Waals surface area contributed by atoms with Crippen LogP contribution in [0.2, 0.25) is 0 Å². The molecular weight excluding hydrogens is 278 g/mol. The van der Waals surface area contributed by atoms with Gasteiger partial charge in [-0.25, -0.2) is 4.99 Å². The van der Waals surface area contributed by atoms with Crippen molar-refractivity contribution in [2.75, 3.05) is 13.7 Å². The zero-order valence-electron chi connectivity index (χ0n) is 12.5. The Kier molecular flexibility index (Phi) is 3.25. The number of allylic oxidation sites excluding steroid dienone is 2. The predicted molar refractivity (Wildman–Crippen MR) is 82.5 cm³/mol. The Hall–Kier alpha value is -2.10. The first-order valence-corrected chi connectivity index (χ1v) is 7.80. The van der Waals surface area contributed by atoms with Gasteiger partial charge in [-0.2, -0.15) is 0 Å². The fourth-order valence-electron chi connectivity index (χ4n) is 4.18. The summed E-state index contributed by atoms with van der Waals surface area (Å²) in [4.78, 5) is 17.0. The highest BCUT2D eigenvalue weighted by molar-refractivity contribution is 5.95. The number of benzene rings is 1. The number of hydrogen-bond donors (Lipinski definition) is 0.